The van der Waals surface area contributed by atoms with Crippen LogP contribution in [0.25, 0.3) is 0 Å². The molecule has 0 radical (unpaired) electrons. The van der Waals surface area contributed by atoms with Gasteiger partial charge in [-0.25, -0.2) is 0 Å². The smallest absolute Gasteiger partial charge is 0.314 e. The Morgan fingerprint density at radius 3 is 2.48 bits per heavy atom. The molecule has 1 saturated heterocycles. The summed E-state index contributed by atoms with van der Waals surface area (Å²) in [6.07, 6.45) is -4.56. The first kappa shape index (κ1) is 16.0. The van der Waals surface area contributed by atoms with E-state index in [0.29, 0.717) is 13.1 Å². The van der Waals surface area contributed by atoms with Gasteiger partial charge in [-0.1, -0.05) is 11.6 Å². The average molecular weight is 324 g/mol. The van der Waals surface area contributed by atoms with Crippen LogP contribution in [-0.2, 0) is 0 Å². The Hall–Kier alpha value is -1.38. The van der Waals surface area contributed by atoms with Crippen LogP contribution in [0.5, 0.6) is 0 Å². The number of nitrogens with zero attached hydrogens (tertiary/aromatic N) is 2. The molecule has 1 atom stereocenters. The van der Waals surface area contributed by atoms with E-state index in [0.717, 1.165) is 18.2 Å². The third kappa shape index (κ3) is 3.63. The summed E-state index contributed by atoms with van der Waals surface area (Å²) in [5.41, 5.74) is -0.681. The monoisotopic (exact) mass is 323 g/mol. The molecule has 0 aromatic heterocycles. The van der Waals surface area contributed by atoms with Crippen LogP contribution in [0.2, 0.25) is 5.02 Å². The molecule has 1 fully saturated rings. The van der Waals surface area contributed by atoms with Crippen molar-refractivity contribution in [3.8, 4) is 0 Å². The minimum atomic E-state index is -4.56. The average Bonchev–Trinajstić information content (AvgIpc) is 2.40. The van der Waals surface area contributed by atoms with Crippen LogP contribution in [0.4, 0.5) is 18.9 Å². The van der Waals surface area contributed by atoms with E-state index >= 15 is 0 Å². The van der Waals surface area contributed by atoms with Gasteiger partial charge in [0.05, 0.1) is 4.92 Å². The Bertz CT molecular complexity index is 533. The molecule has 1 aromatic rings. The molecule has 0 saturated carbocycles. The number of hydrogen-bond donors (Lipinski definition) is 1. The molecular weight excluding hydrogens is 311 g/mol. The summed E-state index contributed by atoms with van der Waals surface area (Å²) < 4.78 is 40.2. The van der Waals surface area contributed by atoms with Crippen LogP contribution in [0.1, 0.15) is 11.6 Å². The molecule has 0 amide bonds. The van der Waals surface area contributed by atoms with Crippen molar-refractivity contribution in [2.75, 3.05) is 26.2 Å². The van der Waals surface area contributed by atoms with Gasteiger partial charge in [-0.05, 0) is 6.07 Å². The maximum atomic E-state index is 13.4. The Morgan fingerprint density at radius 2 is 1.95 bits per heavy atom. The summed E-state index contributed by atoms with van der Waals surface area (Å²) in [4.78, 5) is 11.3. The molecule has 0 unspecified atom stereocenters. The van der Waals surface area contributed by atoms with Gasteiger partial charge in [-0.15, -0.1) is 0 Å². The summed E-state index contributed by atoms with van der Waals surface area (Å²) in [6, 6.07) is 1.20. The highest BCUT2D eigenvalue weighted by molar-refractivity contribution is 6.31. The van der Waals surface area contributed by atoms with Gasteiger partial charge >= 0.3 is 6.18 Å². The van der Waals surface area contributed by atoms with E-state index in [1.807, 2.05) is 0 Å². The SMILES string of the molecule is O=[N+]([O-])c1ccc(Cl)c([C@@H](N2CCNCC2)C(F)(F)F)c1. The second-order valence-corrected chi connectivity index (χ2v) is 5.10. The minimum Gasteiger partial charge on any atom is -0.314 e. The fourth-order valence-electron chi connectivity index (χ4n) is 2.37. The van der Waals surface area contributed by atoms with Crippen molar-refractivity contribution in [2.45, 2.75) is 12.2 Å². The van der Waals surface area contributed by atoms with E-state index in [1.54, 1.807) is 0 Å². The Kier molecular flexibility index (Phi) is 4.70. The molecule has 2 rings (SSSR count). The largest absolute Gasteiger partial charge is 0.408 e. The van der Waals surface area contributed by atoms with Gasteiger partial charge in [0, 0.05) is 48.9 Å². The summed E-state index contributed by atoms with van der Waals surface area (Å²) in [7, 11) is 0. The maximum Gasteiger partial charge on any atom is 0.408 e. The lowest BCUT2D eigenvalue weighted by atomic mass is 10.0. The molecule has 9 heteroatoms. The van der Waals surface area contributed by atoms with Gasteiger partial charge in [0.2, 0.25) is 0 Å². The number of piperazine rings is 1. The lowest BCUT2D eigenvalue weighted by Gasteiger charge is -2.36. The highest BCUT2D eigenvalue weighted by Gasteiger charge is 2.46. The Morgan fingerprint density at radius 1 is 1.33 bits per heavy atom. The maximum absolute atomic E-state index is 13.4. The molecule has 1 aliphatic heterocycles. The topological polar surface area (TPSA) is 58.4 Å². The van der Waals surface area contributed by atoms with Crippen molar-refractivity contribution < 1.29 is 18.1 Å². The van der Waals surface area contributed by atoms with Crippen molar-refractivity contribution in [1.29, 1.82) is 0 Å². The molecule has 116 valence electrons. The molecule has 1 N–H and O–H groups in total. The van der Waals surface area contributed by atoms with E-state index in [9.17, 15) is 23.3 Å². The minimum absolute atomic E-state index is 0.124. The zero-order valence-electron chi connectivity index (χ0n) is 10.9. The molecule has 0 spiro atoms. The third-order valence-corrected chi connectivity index (χ3v) is 3.66. The molecular formula is C12H13ClF3N3O2. The predicted octanol–water partition coefficient (Wildman–Crippen LogP) is 2.76. The van der Waals surface area contributed by atoms with Crippen LogP contribution in [0.3, 0.4) is 0 Å². The zero-order chi connectivity index (χ0) is 15.6. The van der Waals surface area contributed by atoms with Crippen molar-refractivity contribution in [3.05, 3.63) is 38.9 Å². The van der Waals surface area contributed by atoms with E-state index in [1.165, 1.54) is 4.90 Å². The first-order chi connectivity index (χ1) is 9.80. The molecule has 1 aromatic carbocycles. The van der Waals surface area contributed by atoms with Crippen molar-refractivity contribution >= 4 is 17.3 Å². The van der Waals surface area contributed by atoms with Crippen LogP contribution < -0.4 is 5.32 Å². The van der Waals surface area contributed by atoms with Gasteiger partial charge in [0.1, 0.15) is 6.04 Å². The van der Waals surface area contributed by atoms with Crippen LogP contribution in [0.15, 0.2) is 18.2 Å². The normalized spacial score (nSPS) is 18.5. The number of alkyl halides is 3. The quantitative estimate of drug-likeness (QED) is 0.686. The van der Waals surface area contributed by atoms with Crippen LogP contribution >= 0.6 is 11.6 Å². The highest BCUT2D eigenvalue weighted by Crippen LogP contribution is 2.41. The number of halogens is 4. The second-order valence-electron chi connectivity index (χ2n) is 4.69. The lowest BCUT2D eigenvalue weighted by molar-refractivity contribution is -0.385. The number of nitro benzene ring substituents is 1. The third-order valence-electron chi connectivity index (χ3n) is 3.31. The molecule has 0 aliphatic carbocycles. The summed E-state index contributed by atoms with van der Waals surface area (Å²) in [5, 5.41) is 13.6. The number of benzene rings is 1. The summed E-state index contributed by atoms with van der Waals surface area (Å²) in [6.45, 7) is 1.25. The summed E-state index contributed by atoms with van der Waals surface area (Å²) >= 11 is 5.86. The molecule has 1 aliphatic rings. The van der Waals surface area contributed by atoms with Gasteiger partial charge in [-0.2, -0.15) is 13.2 Å². The molecule has 1 heterocycles. The fraction of sp³-hybridized carbons (Fsp3) is 0.500. The Balaban J connectivity index is 2.45. The van der Waals surface area contributed by atoms with Crippen LogP contribution in [0, 0.1) is 10.1 Å². The van der Waals surface area contributed by atoms with E-state index in [4.69, 9.17) is 11.6 Å². The van der Waals surface area contributed by atoms with Crippen molar-refractivity contribution in [2.24, 2.45) is 0 Å². The first-order valence-corrected chi connectivity index (χ1v) is 6.64. The van der Waals surface area contributed by atoms with Gasteiger partial charge < -0.3 is 5.32 Å². The standard InChI is InChI=1S/C12H13ClF3N3O2/c13-10-2-1-8(19(20)21)7-9(10)11(12(14,15)16)18-5-3-17-4-6-18/h1-2,7,11,17H,3-6H2/t11-/m1/s1. The van der Waals surface area contributed by atoms with Gasteiger partial charge in [0.15, 0.2) is 0 Å². The van der Waals surface area contributed by atoms with E-state index < -0.39 is 22.8 Å². The van der Waals surface area contributed by atoms with E-state index in [-0.39, 0.29) is 23.7 Å². The predicted molar refractivity (Wildman–Crippen MR) is 71.3 cm³/mol. The Labute approximate surface area is 123 Å². The number of non-ortho nitro benzene ring substituents is 1. The van der Waals surface area contributed by atoms with Crippen molar-refractivity contribution in [3.63, 3.8) is 0 Å². The van der Waals surface area contributed by atoms with Gasteiger partial charge in [-0.3, -0.25) is 15.0 Å². The highest BCUT2D eigenvalue weighted by atomic mass is 35.5. The first-order valence-electron chi connectivity index (χ1n) is 6.26. The number of hydrogen-bond acceptors (Lipinski definition) is 4. The molecule has 5 nitrogen and oxygen atoms in total. The summed E-state index contributed by atoms with van der Waals surface area (Å²) in [5.74, 6) is 0. The second kappa shape index (κ2) is 6.17. The lowest BCUT2D eigenvalue weighted by Crippen LogP contribution is -2.49. The number of nitro groups is 1. The zero-order valence-corrected chi connectivity index (χ0v) is 11.6. The fourth-order valence-corrected chi connectivity index (χ4v) is 2.60. The number of nitrogens with one attached hydrogen (secondary N) is 1. The molecule has 0 bridgehead atoms. The van der Waals surface area contributed by atoms with Crippen molar-refractivity contribution in [1.82, 2.24) is 10.2 Å². The van der Waals surface area contributed by atoms with E-state index in [2.05, 4.69) is 5.32 Å². The van der Waals surface area contributed by atoms with Crippen LogP contribution in [-0.4, -0.2) is 42.2 Å². The molecule has 21 heavy (non-hydrogen) atoms. The van der Waals surface area contributed by atoms with Gasteiger partial charge in [0.25, 0.3) is 5.69 Å². The number of rotatable bonds is 3.